The van der Waals surface area contributed by atoms with Crippen LogP contribution in [-0.4, -0.2) is 43.4 Å². The van der Waals surface area contributed by atoms with Gasteiger partial charge in [-0.25, -0.2) is 4.79 Å². The second-order valence-electron chi connectivity index (χ2n) is 7.60. The molecule has 0 aliphatic heterocycles. The van der Waals surface area contributed by atoms with Gasteiger partial charge in [-0.3, -0.25) is 14.4 Å². The Morgan fingerprint density at radius 3 is 1.73 bits per heavy atom. The fourth-order valence-corrected chi connectivity index (χ4v) is 2.84. The van der Waals surface area contributed by atoms with E-state index in [-0.39, 0.29) is 26.2 Å². The van der Waals surface area contributed by atoms with Crippen LogP contribution < -0.4 is 21.3 Å². The first kappa shape index (κ1) is 26.5. The van der Waals surface area contributed by atoms with Crippen molar-refractivity contribution in [3.63, 3.8) is 0 Å². The quantitative estimate of drug-likeness (QED) is 0.297. The summed E-state index contributed by atoms with van der Waals surface area (Å²) in [5, 5.41) is 17.9. The van der Waals surface area contributed by atoms with Gasteiger partial charge in [0.2, 0.25) is 17.7 Å². The Morgan fingerprint density at radius 2 is 1.11 bits per heavy atom. The summed E-state index contributed by atoms with van der Waals surface area (Å²) >= 11 is 0. The molecule has 0 unspecified atom stereocenters. The van der Waals surface area contributed by atoms with Gasteiger partial charge in [-0.2, -0.15) is 10.2 Å². The molecule has 0 bridgehead atoms. The topological polar surface area (TPSA) is 150 Å². The van der Waals surface area contributed by atoms with Crippen LogP contribution in [0.2, 0.25) is 0 Å². The molecule has 37 heavy (non-hydrogen) atoms. The summed E-state index contributed by atoms with van der Waals surface area (Å²) in [7, 11) is 0. The van der Waals surface area contributed by atoms with Crippen molar-refractivity contribution < 1.29 is 23.9 Å². The minimum atomic E-state index is -0.757. The number of amides is 4. The highest BCUT2D eigenvalue weighted by atomic mass is 16.5. The molecule has 4 N–H and O–H groups in total. The molecule has 190 valence electrons. The molecule has 0 aliphatic rings. The van der Waals surface area contributed by atoms with Crippen molar-refractivity contribution in [2.45, 2.75) is 6.61 Å². The predicted molar refractivity (Wildman–Crippen MR) is 136 cm³/mol. The Balaban J connectivity index is 1.28. The average molecular weight is 503 g/mol. The third-order valence-corrected chi connectivity index (χ3v) is 4.69. The SMILES string of the molecule is O=C(CNC(=O)CNC(=O)OCc1ccccc1)NCC(=O)Nc1ccc(N=Nc2ccccc2)cc1. The summed E-state index contributed by atoms with van der Waals surface area (Å²) in [6, 6.07) is 25.1. The lowest BCUT2D eigenvalue weighted by molar-refractivity contribution is -0.126. The number of ether oxygens (including phenoxy) is 1. The lowest BCUT2D eigenvalue weighted by atomic mass is 10.2. The van der Waals surface area contributed by atoms with Gasteiger partial charge in [0.1, 0.15) is 13.2 Å². The van der Waals surface area contributed by atoms with E-state index in [9.17, 15) is 19.2 Å². The molecule has 4 amide bonds. The lowest BCUT2D eigenvalue weighted by Crippen LogP contribution is -2.43. The average Bonchev–Trinajstić information content (AvgIpc) is 2.93. The maximum atomic E-state index is 12.1. The summed E-state index contributed by atoms with van der Waals surface area (Å²) < 4.78 is 4.99. The first-order valence-electron chi connectivity index (χ1n) is 11.3. The van der Waals surface area contributed by atoms with Gasteiger partial charge < -0.3 is 26.0 Å². The van der Waals surface area contributed by atoms with Gasteiger partial charge in [0.25, 0.3) is 0 Å². The molecule has 0 saturated heterocycles. The highest BCUT2D eigenvalue weighted by Gasteiger charge is 2.10. The number of alkyl carbamates (subject to hydrolysis) is 1. The molecule has 0 aromatic heterocycles. The maximum Gasteiger partial charge on any atom is 0.407 e. The Morgan fingerprint density at radius 1 is 0.595 bits per heavy atom. The monoisotopic (exact) mass is 502 g/mol. The van der Waals surface area contributed by atoms with Crippen LogP contribution in [-0.2, 0) is 25.7 Å². The second kappa shape index (κ2) is 14.4. The van der Waals surface area contributed by atoms with Crippen molar-refractivity contribution in [1.29, 1.82) is 0 Å². The van der Waals surface area contributed by atoms with Gasteiger partial charge in [0, 0.05) is 5.69 Å². The third kappa shape index (κ3) is 10.4. The van der Waals surface area contributed by atoms with E-state index in [0.717, 1.165) is 11.3 Å². The fourth-order valence-electron chi connectivity index (χ4n) is 2.84. The van der Waals surface area contributed by atoms with Crippen LogP contribution in [0.4, 0.5) is 21.9 Å². The lowest BCUT2D eigenvalue weighted by Gasteiger charge is -2.09. The number of hydrogen-bond acceptors (Lipinski definition) is 7. The highest BCUT2D eigenvalue weighted by molar-refractivity contribution is 5.95. The minimum absolute atomic E-state index is 0.0717. The molecule has 0 aliphatic carbocycles. The summed E-state index contributed by atoms with van der Waals surface area (Å²) in [6.45, 7) is -0.924. The molecule has 3 rings (SSSR count). The normalized spacial score (nSPS) is 10.4. The number of nitrogens with zero attached hydrogens (tertiary/aromatic N) is 2. The van der Waals surface area contributed by atoms with Gasteiger partial charge >= 0.3 is 6.09 Å². The van der Waals surface area contributed by atoms with Crippen LogP contribution in [0.3, 0.4) is 0 Å². The molecule has 0 atom stereocenters. The standard InChI is InChI=1S/C26H26N6O5/c33-23(15-27-24(34)16-29-26(36)37-18-19-7-3-1-4-8-19)28-17-25(35)30-20-11-13-22(14-12-20)32-31-21-9-5-2-6-10-21/h1-14H,15-18H2,(H,27,34)(H,28,33)(H,29,36)(H,30,35). The van der Waals surface area contributed by atoms with Gasteiger partial charge in [-0.1, -0.05) is 48.5 Å². The number of rotatable bonds is 11. The largest absolute Gasteiger partial charge is 0.445 e. The summed E-state index contributed by atoms with van der Waals surface area (Å²) in [6.07, 6.45) is -0.757. The van der Waals surface area contributed by atoms with Crippen LogP contribution in [0.25, 0.3) is 0 Å². The van der Waals surface area contributed by atoms with Gasteiger partial charge in [0.05, 0.1) is 24.5 Å². The van der Waals surface area contributed by atoms with Crippen molar-refractivity contribution in [2.24, 2.45) is 10.2 Å². The zero-order chi connectivity index (χ0) is 26.3. The van der Waals surface area contributed by atoms with E-state index in [2.05, 4.69) is 31.5 Å². The van der Waals surface area contributed by atoms with Crippen LogP contribution in [0.1, 0.15) is 5.56 Å². The molecule has 0 heterocycles. The highest BCUT2D eigenvalue weighted by Crippen LogP contribution is 2.19. The predicted octanol–water partition coefficient (Wildman–Crippen LogP) is 3.20. The second-order valence-corrected chi connectivity index (χ2v) is 7.60. The summed E-state index contributed by atoms with van der Waals surface area (Å²) in [5.41, 5.74) is 2.68. The fraction of sp³-hybridized carbons (Fsp3) is 0.154. The molecule has 3 aromatic carbocycles. The maximum absolute atomic E-state index is 12.1. The van der Waals surface area contributed by atoms with Crippen molar-refractivity contribution >= 4 is 40.9 Å². The van der Waals surface area contributed by atoms with Crippen molar-refractivity contribution in [1.82, 2.24) is 16.0 Å². The van der Waals surface area contributed by atoms with Crippen LogP contribution in [0.15, 0.2) is 95.2 Å². The molecular formula is C26H26N6O5. The Labute approximate surface area is 213 Å². The molecule has 0 radical (unpaired) electrons. The molecular weight excluding hydrogens is 476 g/mol. The summed E-state index contributed by atoms with van der Waals surface area (Å²) in [4.78, 5) is 47.4. The Kier molecular flexibility index (Phi) is 10.3. The Hall–Kier alpha value is -5.06. The first-order chi connectivity index (χ1) is 18.0. The van der Waals surface area contributed by atoms with E-state index in [1.807, 2.05) is 48.5 Å². The molecule has 3 aromatic rings. The van der Waals surface area contributed by atoms with E-state index in [4.69, 9.17) is 4.74 Å². The minimum Gasteiger partial charge on any atom is -0.445 e. The van der Waals surface area contributed by atoms with Crippen molar-refractivity contribution in [3.8, 4) is 0 Å². The van der Waals surface area contributed by atoms with Crippen molar-refractivity contribution in [2.75, 3.05) is 25.0 Å². The molecule has 0 saturated carbocycles. The van der Waals surface area contributed by atoms with E-state index in [0.29, 0.717) is 11.4 Å². The van der Waals surface area contributed by atoms with Gasteiger partial charge in [0.15, 0.2) is 0 Å². The number of azo groups is 1. The van der Waals surface area contributed by atoms with Gasteiger partial charge in [-0.15, -0.1) is 0 Å². The number of benzene rings is 3. The first-order valence-corrected chi connectivity index (χ1v) is 11.3. The van der Waals surface area contributed by atoms with E-state index in [1.165, 1.54) is 0 Å². The third-order valence-electron chi connectivity index (χ3n) is 4.69. The van der Waals surface area contributed by atoms with Crippen LogP contribution in [0.5, 0.6) is 0 Å². The molecule has 0 fully saturated rings. The van der Waals surface area contributed by atoms with E-state index >= 15 is 0 Å². The molecule has 11 nitrogen and oxygen atoms in total. The van der Waals surface area contributed by atoms with Crippen LogP contribution >= 0.6 is 0 Å². The summed E-state index contributed by atoms with van der Waals surface area (Å²) in [5.74, 6) is -1.59. The van der Waals surface area contributed by atoms with Crippen LogP contribution in [0, 0.1) is 0 Å². The number of anilines is 1. The molecule has 11 heteroatoms. The van der Waals surface area contributed by atoms with E-state index in [1.54, 1.807) is 36.4 Å². The number of hydrogen-bond donors (Lipinski definition) is 4. The van der Waals surface area contributed by atoms with E-state index < -0.39 is 23.8 Å². The van der Waals surface area contributed by atoms with Crippen molar-refractivity contribution in [3.05, 3.63) is 90.5 Å². The zero-order valence-electron chi connectivity index (χ0n) is 19.8. The van der Waals surface area contributed by atoms with Gasteiger partial charge in [-0.05, 0) is 42.0 Å². The number of carbonyl (C=O) groups is 4. The molecule has 0 spiro atoms. The number of carbonyl (C=O) groups excluding carboxylic acids is 4. The zero-order valence-corrected chi connectivity index (χ0v) is 19.8. The smallest absolute Gasteiger partial charge is 0.407 e. The Bertz CT molecular complexity index is 1220. The number of nitrogens with one attached hydrogen (secondary N) is 4.